The minimum atomic E-state index is -0.273. The van der Waals surface area contributed by atoms with Gasteiger partial charge in [0.2, 0.25) is 0 Å². The normalized spacial score (nSPS) is 11.4. The van der Waals surface area contributed by atoms with E-state index in [2.05, 4.69) is 111 Å². The highest BCUT2D eigenvalue weighted by atomic mass is 14.5. The number of hydrogen-bond donors (Lipinski definition) is 0. The zero-order valence-corrected chi connectivity index (χ0v) is 23.7. The lowest BCUT2D eigenvalue weighted by atomic mass is 9.67. The summed E-state index contributed by atoms with van der Waals surface area (Å²) in [5.41, 5.74) is 10.4. The van der Waals surface area contributed by atoms with Gasteiger partial charge in [-0.05, 0) is 47.2 Å². The molecule has 186 valence electrons. The molecule has 35 heavy (non-hydrogen) atoms. The molecule has 0 radical (unpaired) electrons. The van der Waals surface area contributed by atoms with Gasteiger partial charge in [0.05, 0.1) is 5.41 Å². The second kappa shape index (κ2) is 15.0. The van der Waals surface area contributed by atoms with Crippen molar-refractivity contribution >= 4 is 0 Å². The van der Waals surface area contributed by atoms with Gasteiger partial charge in [-0.3, -0.25) is 0 Å². The fraction of sp³-hybridized carbons (Fsp3) is 0.314. The molecule has 0 aromatic heterocycles. The van der Waals surface area contributed by atoms with Crippen LogP contribution in [0.25, 0.3) is 11.1 Å². The van der Waals surface area contributed by atoms with Crippen LogP contribution in [-0.4, -0.2) is 0 Å². The minimum Gasteiger partial charge on any atom is -0.0683 e. The third kappa shape index (κ3) is 5.76. The molecule has 1 aliphatic carbocycles. The Morgan fingerprint density at radius 1 is 0.400 bits per heavy atom. The Bertz CT molecular complexity index is 1060. The number of hydrogen-bond acceptors (Lipinski definition) is 0. The Morgan fingerprint density at radius 2 is 0.743 bits per heavy atom. The van der Waals surface area contributed by atoms with Gasteiger partial charge in [0.15, 0.2) is 0 Å². The predicted molar refractivity (Wildman–Crippen MR) is 159 cm³/mol. The van der Waals surface area contributed by atoms with Crippen molar-refractivity contribution in [2.24, 2.45) is 0 Å². The SMILES string of the molecule is CC.CC.CC.CC.Cc1cccc(C2(c3cccc(C)c3)c3ccccc3-c3ccccc32)c1. The first-order chi connectivity index (χ1) is 17.2. The highest BCUT2D eigenvalue weighted by Gasteiger charge is 2.45. The van der Waals surface area contributed by atoms with E-state index < -0.39 is 0 Å². The molecule has 0 atom stereocenters. The van der Waals surface area contributed by atoms with Crippen molar-refractivity contribution in [3.05, 3.63) is 130 Å². The van der Waals surface area contributed by atoms with Crippen LogP contribution in [0.5, 0.6) is 0 Å². The maximum atomic E-state index is 2.35. The highest BCUT2D eigenvalue weighted by Crippen LogP contribution is 2.55. The molecule has 0 bridgehead atoms. The van der Waals surface area contributed by atoms with Gasteiger partial charge in [-0.1, -0.05) is 164 Å². The van der Waals surface area contributed by atoms with Gasteiger partial charge in [-0.2, -0.15) is 0 Å². The van der Waals surface area contributed by atoms with Gasteiger partial charge in [-0.15, -0.1) is 0 Å². The lowest BCUT2D eigenvalue weighted by Crippen LogP contribution is -2.28. The second-order valence-corrected chi connectivity index (χ2v) is 7.58. The molecule has 0 heterocycles. The van der Waals surface area contributed by atoms with Gasteiger partial charge in [0.1, 0.15) is 0 Å². The summed E-state index contributed by atoms with van der Waals surface area (Å²) in [5.74, 6) is 0. The summed E-state index contributed by atoms with van der Waals surface area (Å²) in [4.78, 5) is 0. The topological polar surface area (TPSA) is 0 Å². The molecular weight excluding hydrogens is 420 g/mol. The molecule has 0 amide bonds. The lowest BCUT2D eigenvalue weighted by Gasteiger charge is -2.34. The third-order valence-corrected chi connectivity index (χ3v) is 5.85. The van der Waals surface area contributed by atoms with Crippen LogP contribution in [0.1, 0.15) is 88.8 Å². The van der Waals surface area contributed by atoms with Crippen LogP contribution in [0.3, 0.4) is 0 Å². The number of benzene rings is 4. The average Bonchev–Trinajstić information content (AvgIpc) is 3.25. The Kier molecular flexibility index (Phi) is 12.8. The summed E-state index contributed by atoms with van der Waals surface area (Å²) >= 11 is 0. The maximum Gasteiger partial charge on any atom is 0.0713 e. The molecular formula is C35H46. The Labute approximate surface area is 216 Å². The number of fused-ring (bicyclic) bond motifs is 3. The molecule has 0 fully saturated rings. The van der Waals surface area contributed by atoms with Crippen molar-refractivity contribution in [3.63, 3.8) is 0 Å². The van der Waals surface area contributed by atoms with E-state index in [9.17, 15) is 0 Å². The van der Waals surface area contributed by atoms with Gasteiger partial charge in [0, 0.05) is 0 Å². The van der Waals surface area contributed by atoms with Crippen LogP contribution in [0.15, 0.2) is 97.1 Å². The van der Waals surface area contributed by atoms with Gasteiger partial charge in [0.25, 0.3) is 0 Å². The van der Waals surface area contributed by atoms with E-state index in [-0.39, 0.29) is 5.41 Å². The van der Waals surface area contributed by atoms with Crippen molar-refractivity contribution in [1.82, 2.24) is 0 Å². The van der Waals surface area contributed by atoms with Crippen molar-refractivity contribution in [1.29, 1.82) is 0 Å². The summed E-state index contributed by atoms with van der Waals surface area (Å²) in [5, 5.41) is 0. The first-order valence-corrected chi connectivity index (χ1v) is 13.5. The quantitative estimate of drug-likeness (QED) is 0.243. The first-order valence-electron chi connectivity index (χ1n) is 13.5. The van der Waals surface area contributed by atoms with Gasteiger partial charge in [-0.25, -0.2) is 0 Å². The van der Waals surface area contributed by atoms with Crippen LogP contribution in [-0.2, 0) is 5.41 Å². The fourth-order valence-electron chi connectivity index (χ4n) is 4.78. The molecule has 0 saturated carbocycles. The van der Waals surface area contributed by atoms with E-state index in [1.165, 1.54) is 44.5 Å². The molecule has 5 rings (SSSR count). The standard InChI is InChI=1S/C27H22.4C2H6/c1-19-9-7-11-21(17-19)27(22-12-8-10-20(2)18-22)25-15-5-3-13-23(25)24-14-4-6-16-26(24)27;4*1-2/h3-18H,1-2H3;4*1-2H3. The molecule has 4 aromatic rings. The van der Waals surface area contributed by atoms with Crippen LogP contribution >= 0.6 is 0 Å². The predicted octanol–water partition coefficient (Wildman–Crippen LogP) is 10.8. The molecule has 0 nitrogen and oxygen atoms in total. The molecule has 0 spiro atoms. The van der Waals surface area contributed by atoms with E-state index in [1.807, 2.05) is 55.4 Å². The Balaban J connectivity index is 0.000000699. The van der Waals surface area contributed by atoms with Crippen LogP contribution in [0.4, 0.5) is 0 Å². The van der Waals surface area contributed by atoms with E-state index >= 15 is 0 Å². The number of rotatable bonds is 2. The number of aryl methyl sites for hydroxylation is 2. The molecule has 0 N–H and O–H groups in total. The summed E-state index contributed by atoms with van der Waals surface area (Å²) in [6.07, 6.45) is 0. The van der Waals surface area contributed by atoms with E-state index in [0.29, 0.717) is 0 Å². The smallest absolute Gasteiger partial charge is 0.0683 e. The average molecular weight is 467 g/mol. The van der Waals surface area contributed by atoms with Crippen molar-refractivity contribution in [2.75, 3.05) is 0 Å². The van der Waals surface area contributed by atoms with E-state index in [4.69, 9.17) is 0 Å². The monoisotopic (exact) mass is 466 g/mol. The summed E-state index contributed by atoms with van der Waals surface area (Å²) in [6, 6.07) is 35.8. The molecule has 0 saturated heterocycles. The fourth-order valence-corrected chi connectivity index (χ4v) is 4.78. The van der Waals surface area contributed by atoms with E-state index in [0.717, 1.165) is 0 Å². The lowest BCUT2D eigenvalue weighted by molar-refractivity contribution is 0.766. The largest absolute Gasteiger partial charge is 0.0713 e. The second-order valence-electron chi connectivity index (χ2n) is 7.58. The summed E-state index contributed by atoms with van der Waals surface area (Å²) in [7, 11) is 0. The van der Waals surface area contributed by atoms with Crippen molar-refractivity contribution in [2.45, 2.75) is 74.7 Å². The first kappa shape index (κ1) is 29.9. The zero-order chi connectivity index (χ0) is 26.4. The van der Waals surface area contributed by atoms with Gasteiger partial charge >= 0.3 is 0 Å². The maximum absolute atomic E-state index is 2.35. The summed E-state index contributed by atoms with van der Waals surface area (Å²) < 4.78 is 0. The Hall–Kier alpha value is -3.12. The van der Waals surface area contributed by atoms with Crippen molar-refractivity contribution < 1.29 is 0 Å². The highest BCUT2D eigenvalue weighted by molar-refractivity contribution is 5.86. The third-order valence-electron chi connectivity index (χ3n) is 5.85. The molecule has 0 unspecified atom stereocenters. The van der Waals surface area contributed by atoms with Crippen LogP contribution in [0.2, 0.25) is 0 Å². The van der Waals surface area contributed by atoms with Crippen molar-refractivity contribution in [3.8, 4) is 11.1 Å². The van der Waals surface area contributed by atoms with Crippen LogP contribution in [0, 0.1) is 13.8 Å². The van der Waals surface area contributed by atoms with Crippen LogP contribution < -0.4 is 0 Å². The molecule has 0 aliphatic heterocycles. The van der Waals surface area contributed by atoms with E-state index in [1.54, 1.807) is 0 Å². The Morgan fingerprint density at radius 3 is 1.09 bits per heavy atom. The molecule has 4 aromatic carbocycles. The molecule has 1 aliphatic rings. The summed E-state index contributed by atoms with van der Waals surface area (Å²) in [6.45, 7) is 20.4. The van der Waals surface area contributed by atoms with Gasteiger partial charge < -0.3 is 0 Å². The minimum absolute atomic E-state index is 0.273. The zero-order valence-electron chi connectivity index (χ0n) is 23.7. The molecule has 0 heteroatoms.